The van der Waals surface area contributed by atoms with Gasteiger partial charge in [-0.15, -0.1) is 0 Å². The van der Waals surface area contributed by atoms with Crippen LogP contribution < -0.4 is 21.1 Å². The predicted molar refractivity (Wildman–Crippen MR) is 118 cm³/mol. The molecule has 1 atom stereocenters. The van der Waals surface area contributed by atoms with Crippen LogP contribution in [-0.4, -0.2) is 33.7 Å². The summed E-state index contributed by atoms with van der Waals surface area (Å²) in [5, 5.41) is 6.50. The minimum atomic E-state index is -1.08. The fourth-order valence-corrected chi connectivity index (χ4v) is 3.37. The lowest BCUT2D eigenvalue weighted by atomic mass is 10.1. The third kappa shape index (κ3) is 4.15. The third-order valence-corrected chi connectivity index (χ3v) is 4.79. The molecular weight excluding hydrogens is 412 g/mol. The van der Waals surface area contributed by atoms with E-state index in [1.54, 1.807) is 39.1 Å². The van der Waals surface area contributed by atoms with Crippen LogP contribution in [-0.2, 0) is 4.79 Å². The number of hydrogen-bond donors (Lipinski definition) is 3. The van der Waals surface area contributed by atoms with Crippen molar-refractivity contribution in [1.29, 1.82) is 0 Å². The molecule has 0 spiro atoms. The van der Waals surface area contributed by atoms with E-state index in [0.29, 0.717) is 39.6 Å². The molecule has 0 saturated heterocycles. The molecule has 1 aliphatic heterocycles. The normalized spacial score (nSPS) is 17.9. The van der Waals surface area contributed by atoms with E-state index < -0.39 is 17.5 Å². The molecule has 2 aromatic heterocycles. The predicted octanol–water partition coefficient (Wildman–Crippen LogP) is 2.58. The molecule has 164 valence electrons. The second-order valence-electron chi connectivity index (χ2n) is 7.67. The van der Waals surface area contributed by atoms with Crippen LogP contribution in [0.15, 0.2) is 51.4 Å². The summed E-state index contributed by atoms with van der Waals surface area (Å²) in [6.07, 6.45) is 4.50. The Morgan fingerprint density at radius 3 is 2.59 bits per heavy atom. The van der Waals surface area contributed by atoms with Gasteiger partial charge in [0.25, 0.3) is 11.8 Å². The van der Waals surface area contributed by atoms with E-state index in [0.717, 1.165) is 5.69 Å². The first kappa shape index (κ1) is 21.0. The minimum absolute atomic E-state index is 0.128. The van der Waals surface area contributed by atoms with Crippen LogP contribution in [0.4, 0.5) is 5.82 Å². The van der Waals surface area contributed by atoms with Crippen LogP contribution in [0.5, 0.6) is 5.75 Å². The van der Waals surface area contributed by atoms with Crippen molar-refractivity contribution in [2.24, 2.45) is 10.7 Å². The molecule has 32 heavy (non-hydrogen) atoms. The summed E-state index contributed by atoms with van der Waals surface area (Å²) < 4.78 is 12.0. The zero-order valence-corrected chi connectivity index (χ0v) is 18.0. The van der Waals surface area contributed by atoms with Gasteiger partial charge in [0.2, 0.25) is 5.72 Å². The van der Waals surface area contributed by atoms with Gasteiger partial charge in [-0.05, 0) is 39.0 Å². The number of rotatable bonds is 5. The molecule has 4 N–H and O–H groups in total. The first-order chi connectivity index (χ1) is 15.1. The molecule has 0 fully saturated rings. The highest BCUT2D eigenvalue weighted by Crippen LogP contribution is 2.33. The number of anilines is 1. The number of primary amides is 1. The lowest BCUT2D eigenvalue weighted by molar-refractivity contribution is -0.114. The van der Waals surface area contributed by atoms with Crippen molar-refractivity contribution in [3.63, 3.8) is 0 Å². The van der Waals surface area contributed by atoms with E-state index in [1.807, 2.05) is 13.0 Å². The van der Waals surface area contributed by atoms with E-state index in [2.05, 4.69) is 25.6 Å². The Labute approximate surface area is 183 Å². The van der Waals surface area contributed by atoms with Crippen molar-refractivity contribution in [3.05, 3.63) is 59.0 Å². The highest BCUT2D eigenvalue weighted by Gasteiger charge is 2.31. The summed E-state index contributed by atoms with van der Waals surface area (Å²) in [5.74, 6) is 0.350. The number of hydrogen-bond acceptors (Lipinski definition) is 8. The average Bonchev–Trinajstić information content (AvgIpc) is 3.09. The first-order valence-corrected chi connectivity index (χ1v) is 9.81. The standard InChI is InChI=1S/C22H22N6O4/c1-11-8-25-18(9-24-11)27-21(30)14-6-16-15(5-12(2)31-16)17(7-14)32-22(4)10-26-19(20(23)29)13(3)28-22/h5-10,28H,1-4H3,(H2,23,29)(H,25,27,30). The molecule has 2 amide bonds. The Kier molecular flexibility index (Phi) is 5.13. The average molecular weight is 434 g/mol. The fraction of sp³-hybridized carbons (Fsp3) is 0.227. The number of carbonyl (C=O) groups is 2. The van der Waals surface area contributed by atoms with Crippen molar-refractivity contribution < 1.29 is 18.7 Å². The number of furan rings is 1. The van der Waals surface area contributed by atoms with Crippen LogP contribution in [0.1, 0.15) is 35.7 Å². The summed E-state index contributed by atoms with van der Waals surface area (Å²) in [6, 6.07) is 5.06. The highest BCUT2D eigenvalue weighted by molar-refractivity contribution is 6.06. The van der Waals surface area contributed by atoms with E-state index >= 15 is 0 Å². The van der Waals surface area contributed by atoms with Gasteiger partial charge in [0.1, 0.15) is 22.8 Å². The number of allylic oxidation sites excluding steroid dienone is 1. The summed E-state index contributed by atoms with van der Waals surface area (Å²) >= 11 is 0. The van der Waals surface area contributed by atoms with Crippen molar-refractivity contribution in [3.8, 4) is 5.75 Å². The molecule has 0 saturated carbocycles. The van der Waals surface area contributed by atoms with Gasteiger partial charge in [0, 0.05) is 18.2 Å². The number of amides is 2. The van der Waals surface area contributed by atoms with Gasteiger partial charge < -0.3 is 25.5 Å². The van der Waals surface area contributed by atoms with Crippen molar-refractivity contribution in [2.45, 2.75) is 33.4 Å². The quantitative estimate of drug-likeness (QED) is 0.559. The van der Waals surface area contributed by atoms with Crippen LogP contribution in [0, 0.1) is 13.8 Å². The maximum Gasteiger partial charge on any atom is 0.269 e. The highest BCUT2D eigenvalue weighted by atomic mass is 16.5. The van der Waals surface area contributed by atoms with Gasteiger partial charge in [-0.1, -0.05) is 0 Å². The summed E-state index contributed by atoms with van der Waals surface area (Å²) in [6.45, 7) is 7.04. The molecule has 1 unspecified atom stereocenters. The SMILES string of the molecule is CC1=C(C(N)=O)N=CC(C)(Oc2cc(C(=O)Nc3cnc(C)cn3)cc3oc(C)cc23)N1. The number of ether oxygens (including phenoxy) is 1. The molecule has 3 aromatic rings. The van der Waals surface area contributed by atoms with Gasteiger partial charge in [0.05, 0.1) is 29.7 Å². The summed E-state index contributed by atoms with van der Waals surface area (Å²) in [4.78, 5) is 36.8. The van der Waals surface area contributed by atoms with E-state index in [-0.39, 0.29) is 5.70 Å². The Balaban J connectivity index is 1.67. The summed E-state index contributed by atoms with van der Waals surface area (Å²) in [7, 11) is 0. The number of fused-ring (bicyclic) bond motifs is 1. The fourth-order valence-electron chi connectivity index (χ4n) is 3.37. The topological polar surface area (TPSA) is 145 Å². The van der Waals surface area contributed by atoms with Gasteiger partial charge >= 0.3 is 0 Å². The number of aryl methyl sites for hydroxylation is 2. The molecule has 3 heterocycles. The minimum Gasteiger partial charge on any atom is -0.462 e. The van der Waals surface area contributed by atoms with E-state index in [4.69, 9.17) is 14.9 Å². The van der Waals surface area contributed by atoms with Crippen LogP contribution in [0.25, 0.3) is 11.0 Å². The Morgan fingerprint density at radius 1 is 1.16 bits per heavy atom. The van der Waals surface area contributed by atoms with Crippen LogP contribution >= 0.6 is 0 Å². The Morgan fingerprint density at radius 2 is 1.94 bits per heavy atom. The molecule has 10 nitrogen and oxygen atoms in total. The molecule has 4 rings (SSSR count). The van der Waals surface area contributed by atoms with Gasteiger partial charge in [0.15, 0.2) is 5.82 Å². The van der Waals surface area contributed by atoms with Crippen molar-refractivity contribution in [2.75, 3.05) is 5.32 Å². The lowest BCUT2D eigenvalue weighted by Gasteiger charge is -2.32. The van der Waals surface area contributed by atoms with Gasteiger partial charge in [-0.2, -0.15) is 0 Å². The molecule has 10 heteroatoms. The number of carbonyl (C=O) groups excluding carboxylic acids is 2. The zero-order chi connectivity index (χ0) is 23.0. The molecule has 0 aliphatic carbocycles. The first-order valence-electron chi connectivity index (χ1n) is 9.81. The van der Waals surface area contributed by atoms with Gasteiger partial charge in [-0.3, -0.25) is 14.6 Å². The van der Waals surface area contributed by atoms with E-state index in [1.165, 1.54) is 12.4 Å². The van der Waals surface area contributed by atoms with Crippen molar-refractivity contribution >= 4 is 34.8 Å². The monoisotopic (exact) mass is 434 g/mol. The maximum atomic E-state index is 12.9. The number of nitrogens with two attached hydrogens (primary N) is 1. The number of aromatic nitrogens is 2. The lowest BCUT2D eigenvalue weighted by Crippen LogP contribution is -2.51. The molecule has 0 radical (unpaired) electrons. The van der Waals surface area contributed by atoms with Gasteiger partial charge in [-0.25, -0.2) is 9.98 Å². The summed E-state index contributed by atoms with van der Waals surface area (Å²) in [5.41, 5.74) is 6.41. The third-order valence-electron chi connectivity index (χ3n) is 4.79. The number of nitrogens with one attached hydrogen (secondary N) is 2. The number of benzene rings is 1. The number of aliphatic imine (C=N–C) groups is 1. The van der Waals surface area contributed by atoms with E-state index in [9.17, 15) is 9.59 Å². The zero-order valence-electron chi connectivity index (χ0n) is 18.0. The molecule has 0 bridgehead atoms. The molecule has 1 aliphatic rings. The second kappa shape index (κ2) is 7.80. The largest absolute Gasteiger partial charge is 0.462 e. The van der Waals surface area contributed by atoms with Crippen LogP contribution in [0.2, 0.25) is 0 Å². The molecule has 1 aromatic carbocycles. The number of nitrogens with zero attached hydrogens (tertiary/aromatic N) is 3. The Hall–Kier alpha value is -4.21. The smallest absolute Gasteiger partial charge is 0.269 e. The second-order valence-corrected chi connectivity index (χ2v) is 7.67. The molecular formula is C22H22N6O4. The van der Waals surface area contributed by atoms with Crippen LogP contribution in [0.3, 0.4) is 0 Å². The maximum absolute atomic E-state index is 12.9. The Bertz CT molecular complexity index is 1290. The van der Waals surface area contributed by atoms with Crippen molar-refractivity contribution in [1.82, 2.24) is 15.3 Å².